The van der Waals surface area contributed by atoms with Crippen molar-refractivity contribution in [3.63, 3.8) is 0 Å². The number of carbonyl (C=O) groups excluding carboxylic acids is 2. The van der Waals surface area contributed by atoms with Crippen molar-refractivity contribution >= 4 is 17.6 Å². The first-order chi connectivity index (χ1) is 14.3. The van der Waals surface area contributed by atoms with Gasteiger partial charge in [-0.15, -0.1) is 0 Å². The van der Waals surface area contributed by atoms with E-state index in [2.05, 4.69) is 37.4 Å². The first-order valence-corrected chi connectivity index (χ1v) is 10.3. The third kappa shape index (κ3) is 4.87. The van der Waals surface area contributed by atoms with Crippen molar-refractivity contribution in [1.29, 1.82) is 0 Å². The van der Waals surface area contributed by atoms with E-state index in [0.717, 1.165) is 16.8 Å². The van der Waals surface area contributed by atoms with Crippen LogP contribution in [-0.4, -0.2) is 47.2 Å². The number of hydrazone groups is 1. The molecular weight excluding hydrogens is 376 g/mol. The average Bonchev–Trinajstić information content (AvgIpc) is 3.16. The molecule has 3 amide bonds. The summed E-state index contributed by atoms with van der Waals surface area (Å²) < 4.78 is 0. The first kappa shape index (κ1) is 21.6. The van der Waals surface area contributed by atoms with Crippen LogP contribution in [0.3, 0.4) is 0 Å². The van der Waals surface area contributed by atoms with E-state index in [9.17, 15) is 9.59 Å². The number of benzene rings is 2. The highest BCUT2D eigenvalue weighted by atomic mass is 16.2. The van der Waals surface area contributed by atoms with Gasteiger partial charge in [0.25, 0.3) is 5.91 Å². The van der Waals surface area contributed by atoms with E-state index in [1.54, 1.807) is 12.1 Å². The van der Waals surface area contributed by atoms with Gasteiger partial charge in [-0.3, -0.25) is 4.79 Å². The van der Waals surface area contributed by atoms with Gasteiger partial charge in [-0.2, -0.15) is 5.10 Å². The fraction of sp³-hybridized carbons (Fsp3) is 0.375. The molecule has 1 N–H and O–H groups in total. The summed E-state index contributed by atoms with van der Waals surface area (Å²) in [5.74, 6) is -0.205. The van der Waals surface area contributed by atoms with Crippen molar-refractivity contribution in [3.05, 3.63) is 70.8 Å². The molecule has 0 aliphatic carbocycles. The Balaban J connectivity index is 1.86. The number of aryl methyl sites for hydroxylation is 2. The number of rotatable bonds is 5. The van der Waals surface area contributed by atoms with Gasteiger partial charge < -0.3 is 10.2 Å². The zero-order valence-electron chi connectivity index (χ0n) is 18.3. The number of carbonyl (C=O) groups is 2. The Bertz CT molecular complexity index is 953. The number of hydrogen-bond acceptors (Lipinski definition) is 3. The molecule has 0 spiro atoms. The molecule has 3 rings (SSSR count). The Morgan fingerprint density at radius 1 is 1.13 bits per heavy atom. The summed E-state index contributed by atoms with van der Waals surface area (Å²) in [6, 6.07) is 15.7. The Labute approximate surface area is 178 Å². The molecule has 1 heterocycles. The molecule has 30 heavy (non-hydrogen) atoms. The quantitative estimate of drug-likeness (QED) is 0.815. The van der Waals surface area contributed by atoms with Crippen molar-refractivity contribution < 1.29 is 9.59 Å². The summed E-state index contributed by atoms with van der Waals surface area (Å²) in [7, 11) is 1.62. The lowest BCUT2D eigenvalue weighted by molar-refractivity contribution is -0.133. The topological polar surface area (TPSA) is 65.0 Å². The summed E-state index contributed by atoms with van der Waals surface area (Å²) >= 11 is 0. The van der Waals surface area contributed by atoms with Crippen LogP contribution in [-0.2, 0) is 4.79 Å². The molecule has 6 nitrogen and oxygen atoms in total. The second-order valence-corrected chi connectivity index (χ2v) is 8.17. The number of likely N-dealkylation sites (N-methyl/N-ethyl adjacent to an activating group) is 1. The van der Waals surface area contributed by atoms with Gasteiger partial charge in [0.05, 0.1) is 11.8 Å². The van der Waals surface area contributed by atoms with E-state index < -0.39 is 0 Å². The summed E-state index contributed by atoms with van der Waals surface area (Å²) in [5.41, 5.74) is 5.36. The van der Waals surface area contributed by atoms with Crippen LogP contribution in [0.2, 0.25) is 0 Å². The lowest BCUT2D eigenvalue weighted by Gasteiger charge is -2.25. The van der Waals surface area contributed by atoms with E-state index in [1.165, 1.54) is 16.0 Å². The highest BCUT2D eigenvalue weighted by Gasteiger charge is 2.33. The molecule has 6 heteroatoms. The van der Waals surface area contributed by atoms with Crippen molar-refractivity contribution in [2.75, 3.05) is 13.6 Å². The molecule has 0 bridgehead atoms. The third-order valence-corrected chi connectivity index (χ3v) is 5.32. The molecule has 0 aromatic heterocycles. The predicted molar refractivity (Wildman–Crippen MR) is 119 cm³/mol. The molecule has 0 fully saturated rings. The normalized spacial score (nSPS) is 15.9. The number of urea groups is 1. The standard InChI is InChI=1S/C24H30N4O2/c1-16(2)25-24(30)27(5)15-23(29)28-22(19-9-7-6-8-10-19)14-21(26-28)20-12-11-17(3)18(4)13-20/h6-13,16,22H,14-15H2,1-5H3,(H,25,30)/t22-/m1/s1. The maximum Gasteiger partial charge on any atom is 0.317 e. The smallest absolute Gasteiger partial charge is 0.317 e. The van der Waals surface area contributed by atoms with Gasteiger partial charge in [0.2, 0.25) is 0 Å². The number of nitrogens with one attached hydrogen (secondary N) is 1. The molecule has 2 aromatic carbocycles. The zero-order valence-corrected chi connectivity index (χ0v) is 18.3. The molecule has 0 saturated heterocycles. The molecule has 1 aliphatic heterocycles. The first-order valence-electron chi connectivity index (χ1n) is 10.3. The minimum atomic E-state index is -0.271. The number of amides is 3. The minimum absolute atomic E-state index is 0.00769. The fourth-order valence-electron chi connectivity index (χ4n) is 3.47. The average molecular weight is 407 g/mol. The van der Waals surface area contributed by atoms with Crippen LogP contribution in [0.25, 0.3) is 0 Å². The van der Waals surface area contributed by atoms with E-state index in [0.29, 0.717) is 6.42 Å². The summed E-state index contributed by atoms with van der Waals surface area (Å²) in [5, 5.41) is 9.05. The van der Waals surface area contributed by atoms with Crippen LogP contribution >= 0.6 is 0 Å². The van der Waals surface area contributed by atoms with Crippen LogP contribution < -0.4 is 5.32 Å². The molecule has 0 radical (unpaired) electrons. The van der Waals surface area contributed by atoms with E-state index in [-0.39, 0.29) is 30.6 Å². The lowest BCUT2D eigenvalue weighted by Crippen LogP contribution is -2.45. The van der Waals surface area contributed by atoms with Gasteiger partial charge in [0.15, 0.2) is 0 Å². The molecule has 158 valence electrons. The Kier molecular flexibility index (Phi) is 6.55. The maximum absolute atomic E-state index is 13.1. The highest BCUT2D eigenvalue weighted by molar-refractivity contribution is 6.03. The van der Waals surface area contributed by atoms with Gasteiger partial charge >= 0.3 is 6.03 Å². The number of nitrogens with zero attached hydrogens (tertiary/aromatic N) is 3. The van der Waals surface area contributed by atoms with E-state index in [1.807, 2.05) is 44.2 Å². The molecule has 1 atom stereocenters. The summed E-state index contributed by atoms with van der Waals surface area (Å²) in [6.45, 7) is 7.90. The maximum atomic E-state index is 13.1. The van der Waals surface area contributed by atoms with Crippen molar-refractivity contribution in [2.24, 2.45) is 5.10 Å². The Morgan fingerprint density at radius 3 is 2.47 bits per heavy atom. The molecule has 0 unspecified atom stereocenters. The van der Waals surface area contributed by atoms with Gasteiger partial charge in [0, 0.05) is 19.5 Å². The van der Waals surface area contributed by atoms with Gasteiger partial charge in [-0.25, -0.2) is 9.80 Å². The second kappa shape index (κ2) is 9.11. The van der Waals surface area contributed by atoms with Gasteiger partial charge in [0.1, 0.15) is 6.54 Å². The van der Waals surface area contributed by atoms with E-state index in [4.69, 9.17) is 5.10 Å². The molecular formula is C24H30N4O2. The highest BCUT2D eigenvalue weighted by Crippen LogP contribution is 2.33. The predicted octanol–water partition coefficient (Wildman–Crippen LogP) is 4.03. The zero-order chi connectivity index (χ0) is 21.8. The molecule has 0 saturated carbocycles. The van der Waals surface area contributed by atoms with Crippen LogP contribution in [0.15, 0.2) is 53.6 Å². The second-order valence-electron chi connectivity index (χ2n) is 8.17. The van der Waals surface area contributed by atoms with Crippen molar-refractivity contribution in [3.8, 4) is 0 Å². The molecule has 2 aromatic rings. The monoisotopic (exact) mass is 406 g/mol. The number of hydrogen-bond donors (Lipinski definition) is 1. The Hall–Kier alpha value is -3.15. The SMILES string of the molecule is Cc1ccc(C2=NN(C(=O)CN(C)C(=O)NC(C)C)[C@@H](c3ccccc3)C2)cc1C. The van der Waals surface area contributed by atoms with Crippen LogP contribution in [0.4, 0.5) is 4.79 Å². The molecule has 1 aliphatic rings. The largest absolute Gasteiger partial charge is 0.336 e. The van der Waals surface area contributed by atoms with Gasteiger partial charge in [-0.05, 0) is 56.0 Å². The van der Waals surface area contributed by atoms with Crippen molar-refractivity contribution in [1.82, 2.24) is 15.2 Å². The fourth-order valence-corrected chi connectivity index (χ4v) is 3.47. The van der Waals surface area contributed by atoms with Gasteiger partial charge in [-0.1, -0.05) is 42.5 Å². The Morgan fingerprint density at radius 2 is 1.83 bits per heavy atom. The van der Waals surface area contributed by atoms with Crippen LogP contribution in [0.1, 0.15) is 48.6 Å². The van der Waals surface area contributed by atoms with E-state index >= 15 is 0 Å². The van der Waals surface area contributed by atoms with Crippen LogP contribution in [0, 0.1) is 13.8 Å². The van der Waals surface area contributed by atoms with Crippen LogP contribution in [0.5, 0.6) is 0 Å². The lowest BCUT2D eigenvalue weighted by atomic mass is 9.96. The third-order valence-electron chi connectivity index (χ3n) is 5.32. The minimum Gasteiger partial charge on any atom is -0.336 e. The van der Waals surface area contributed by atoms with Crippen molar-refractivity contribution in [2.45, 2.75) is 46.2 Å². The summed E-state index contributed by atoms with van der Waals surface area (Å²) in [4.78, 5) is 26.7. The summed E-state index contributed by atoms with van der Waals surface area (Å²) in [6.07, 6.45) is 0.639.